The number of rotatable bonds is 2. The highest BCUT2D eigenvalue weighted by molar-refractivity contribution is 7.98. The van der Waals surface area contributed by atoms with Gasteiger partial charge in [0.25, 0.3) is 0 Å². The molecule has 0 fully saturated rings. The van der Waals surface area contributed by atoms with Crippen LogP contribution in [0.5, 0.6) is 0 Å². The first-order valence-corrected chi connectivity index (χ1v) is 5.52. The van der Waals surface area contributed by atoms with Crippen molar-refractivity contribution in [1.82, 2.24) is 0 Å². The van der Waals surface area contributed by atoms with Crippen molar-refractivity contribution >= 4 is 28.5 Å². The Morgan fingerprint density at radius 3 is 2.86 bits per heavy atom. The highest BCUT2D eigenvalue weighted by Gasteiger charge is 2.09. The Bertz CT molecular complexity index is 485. The predicted octanol–water partition coefficient (Wildman–Crippen LogP) is 3.36. The highest BCUT2D eigenvalue weighted by atomic mass is 32.2. The standard InChI is InChI=1S/C11H10O2S/c1-7(12)10-6-8-9(13-10)4-3-5-11(8)14-2/h3-6H,1-2H3. The quantitative estimate of drug-likeness (QED) is 0.557. The molecule has 0 saturated heterocycles. The molecule has 0 amide bonds. The zero-order valence-electron chi connectivity index (χ0n) is 8.03. The number of hydrogen-bond donors (Lipinski definition) is 0. The Morgan fingerprint density at radius 1 is 1.43 bits per heavy atom. The van der Waals surface area contributed by atoms with Crippen molar-refractivity contribution in [2.75, 3.05) is 6.26 Å². The monoisotopic (exact) mass is 206 g/mol. The Morgan fingerprint density at radius 2 is 2.21 bits per heavy atom. The van der Waals surface area contributed by atoms with Crippen molar-refractivity contribution in [3.63, 3.8) is 0 Å². The molecule has 0 aliphatic carbocycles. The van der Waals surface area contributed by atoms with Crippen LogP contribution < -0.4 is 0 Å². The van der Waals surface area contributed by atoms with Gasteiger partial charge < -0.3 is 4.42 Å². The number of Topliss-reactive ketones (excluding diaryl/α,β-unsaturated/α-hetero) is 1. The molecule has 0 saturated carbocycles. The Kier molecular flexibility index (Phi) is 2.33. The Hall–Kier alpha value is -1.22. The first-order valence-electron chi connectivity index (χ1n) is 4.30. The summed E-state index contributed by atoms with van der Waals surface area (Å²) in [6.07, 6.45) is 2.01. The normalized spacial score (nSPS) is 10.7. The zero-order valence-corrected chi connectivity index (χ0v) is 8.85. The maximum Gasteiger partial charge on any atom is 0.194 e. The predicted molar refractivity (Wildman–Crippen MR) is 58.0 cm³/mol. The third-order valence-electron chi connectivity index (χ3n) is 2.09. The van der Waals surface area contributed by atoms with Crippen molar-refractivity contribution in [1.29, 1.82) is 0 Å². The summed E-state index contributed by atoms with van der Waals surface area (Å²) in [4.78, 5) is 12.3. The molecule has 1 aromatic carbocycles. The molecule has 0 spiro atoms. The van der Waals surface area contributed by atoms with Crippen molar-refractivity contribution in [2.45, 2.75) is 11.8 Å². The van der Waals surface area contributed by atoms with E-state index in [1.54, 1.807) is 11.8 Å². The fraction of sp³-hybridized carbons (Fsp3) is 0.182. The molecule has 1 heterocycles. The second-order valence-corrected chi connectivity index (χ2v) is 3.89. The molecule has 2 aromatic rings. The molecule has 0 aliphatic rings. The van der Waals surface area contributed by atoms with Gasteiger partial charge in [0.15, 0.2) is 11.5 Å². The van der Waals surface area contributed by atoms with Gasteiger partial charge in [-0.3, -0.25) is 4.79 Å². The van der Waals surface area contributed by atoms with Gasteiger partial charge in [-0.05, 0) is 24.5 Å². The maximum absolute atomic E-state index is 11.1. The number of benzene rings is 1. The van der Waals surface area contributed by atoms with Crippen LogP contribution >= 0.6 is 11.8 Å². The van der Waals surface area contributed by atoms with Crippen molar-refractivity contribution in [3.05, 3.63) is 30.0 Å². The minimum atomic E-state index is -0.0340. The van der Waals surface area contributed by atoms with E-state index in [4.69, 9.17) is 4.42 Å². The Balaban J connectivity index is 2.70. The average Bonchev–Trinajstić information content (AvgIpc) is 2.60. The summed E-state index contributed by atoms with van der Waals surface area (Å²) in [6, 6.07) is 7.64. The lowest BCUT2D eigenvalue weighted by atomic mass is 10.2. The SMILES string of the molecule is CSc1cccc2oc(C(C)=O)cc12. The number of carbonyl (C=O) groups is 1. The molecule has 0 aliphatic heterocycles. The highest BCUT2D eigenvalue weighted by Crippen LogP contribution is 2.28. The largest absolute Gasteiger partial charge is 0.453 e. The molecule has 0 unspecified atom stereocenters. The minimum absolute atomic E-state index is 0.0340. The number of furan rings is 1. The van der Waals surface area contributed by atoms with E-state index in [-0.39, 0.29) is 5.78 Å². The van der Waals surface area contributed by atoms with Gasteiger partial charge in [0, 0.05) is 17.2 Å². The van der Waals surface area contributed by atoms with Crippen LogP contribution in [0.1, 0.15) is 17.5 Å². The van der Waals surface area contributed by atoms with E-state index in [2.05, 4.69) is 0 Å². The summed E-state index contributed by atoms with van der Waals surface area (Å²) >= 11 is 1.65. The number of fused-ring (bicyclic) bond motifs is 1. The fourth-order valence-electron chi connectivity index (χ4n) is 1.39. The molecule has 72 valence electrons. The van der Waals surface area contributed by atoms with Crippen molar-refractivity contribution < 1.29 is 9.21 Å². The van der Waals surface area contributed by atoms with E-state index in [1.807, 2.05) is 30.5 Å². The van der Waals surface area contributed by atoms with Gasteiger partial charge in [-0.15, -0.1) is 11.8 Å². The van der Waals surface area contributed by atoms with E-state index < -0.39 is 0 Å². The Labute approximate surface area is 86.3 Å². The van der Waals surface area contributed by atoms with Gasteiger partial charge in [-0.2, -0.15) is 0 Å². The summed E-state index contributed by atoms with van der Waals surface area (Å²) in [6.45, 7) is 1.51. The lowest BCUT2D eigenvalue weighted by molar-refractivity contribution is 0.0989. The van der Waals surface area contributed by atoms with Crippen LogP contribution in [0, 0.1) is 0 Å². The van der Waals surface area contributed by atoms with Gasteiger partial charge in [-0.1, -0.05) is 6.07 Å². The van der Waals surface area contributed by atoms with Gasteiger partial charge in [0.05, 0.1) is 0 Å². The van der Waals surface area contributed by atoms with Crippen LogP contribution in [0.25, 0.3) is 11.0 Å². The number of ketones is 1. The van der Waals surface area contributed by atoms with E-state index in [0.717, 1.165) is 15.9 Å². The summed E-state index contributed by atoms with van der Waals surface area (Å²) in [7, 11) is 0. The minimum Gasteiger partial charge on any atom is -0.453 e. The zero-order chi connectivity index (χ0) is 10.1. The van der Waals surface area contributed by atoms with E-state index in [1.165, 1.54) is 6.92 Å². The first-order chi connectivity index (χ1) is 6.72. The molecule has 2 nitrogen and oxygen atoms in total. The smallest absolute Gasteiger partial charge is 0.194 e. The van der Waals surface area contributed by atoms with Crippen molar-refractivity contribution in [2.24, 2.45) is 0 Å². The van der Waals surface area contributed by atoms with E-state index in [9.17, 15) is 4.79 Å². The van der Waals surface area contributed by atoms with Crippen LogP contribution in [0.3, 0.4) is 0 Å². The topological polar surface area (TPSA) is 30.2 Å². The third kappa shape index (κ3) is 1.44. The molecule has 0 N–H and O–H groups in total. The van der Waals surface area contributed by atoms with Crippen LogP contribution in [-0.2, 0) is 0 Å². The molecule has 3 heteroatoms. The van der Waals surface area contributed by atoms with E-state index >= 15 is 0 Å². The third-order valence-corrected chi connectivity index (χ3v) is 2.88. The summed E-state index contributed by atoms with van der Waals surface area (Å²) in [5.41, 5.74) is 0.780. The molecular weight excluding hydrogens is 196 g/mol. The summed E-state index contributed by atoms with van der Waals surface area (Å²) in [5.74, 6) is 0.398. The second kappa shape index (κ2) is 3.50. The fourth-order valence-corrected chi connectivity index (χ4v) is 1.98. The maximum atomic E-state index is 11.1. The van der Waals surface area contributed by atoms with Crippen LogP contribution in [-0.4, -0.2) is 12.0 Å². The van der Waals surface area contributed by atoms with Crippen LogP contribution in [0.2, 0.25) is 0 Å². The van der Waals surface area contributed by atoms with Gasteiger partial charge in [0.1, 0.15) is 5.58 Å². The molecule has 0 radical (unpaired) electrons. The van der Waals surface area contributed by atoms with Crippen LogP contribution in [0.4, 0.5) is 0 Å². The van der Waals surface area contributed by atoms with Crippen LogP contribution in [0.15, 0.2) is 33.6 Å². The molecule has 0 atom stereocenters. The van der Waals surface area contributed by atoms with Gasteiger partial charge >= 0.3 is 0 Å². The number of carbonyl (C=O) groups excluding carboxylic acids is 1. The molecule has 14 heavy (non-hydrogen) atoms. The molecule has 1 aromatic heterocycles. The van der Waals surface area contributed by atoms with Gasteiger partial charge in [-0.25, -0.2) is 0 Å². The molecular formula is C11H10O2S. The summed E-state index contributed by atoms with van der Waals surface area (Å²) in [5, 5.41) is 1.02. The van der Waals surface area contributed by atoms with Crippen molar-refractivity contribution in [3.8, 4) is 0 Å². The van der Waals surface area contributed by atoms with Gasteiger partial charge in [0.2, 0.25) is 0 Å². The molecule has 2 rings (SSSR count). The summed E-state index contributed by atoms with van der Waals surface area (Å²) < 4.78 is 5.41. The first kappa shape index (κ1) is 9.34. The average molecular weight is 206 g/mol. The molecule has 0 bridgehead atoms. The lowest BCUT2D eigenvalue weighted by Gasteiger charge is -1.94. The lowest BCUT2D eigenvalue weighted by Crippen LogP contribution is -1.85. The van der Waals surface area contributed by atoms with E-state index in [0.29, 0.717) is 5.76 Å². The second-order valence-electron chi connectivity index (χ2n) is 3.04. The number of hydrogen-bond acceptors (Lipinski definition) is 3. The number of thioether (sulfide) groups is 1.